The molecule has 0 aliphatic heterocycles. The van der Waals surface area contributed by atoms with Crippen molar-refractivity contribution in [3.8, 4) is 0 Å². The van der Waals surface area contributed by atoms with E-state index in [2.05, 4.69) is 4.98 Å². The molecule has 0 aliphatic carbocycles. The lowest BCUT2D eigenvalue weighted by Crippen LogP contribution is -2.24. The van der Waals surface area contributed by atoms with Gasteiger partial charge in [0.1, 0.15) is 11.3 Å². The maximum absolute atomic E-state index is 11.6. The van der Waals surface area contributed by atoms with Crippen molar-refractivity contribution < 1.29 is 14.3 Å². The Hall–Kier alpha value is -1.65. The highest BCUT2D eigenvalue weighted by molar-refractivity contribution is 5.95. The molecule has 5 heteroatoms. The first-order chi connectivity index (χ1) is 7.78. The zero-order valence-electron chi connectivity index (χ0n) is 10.7. The Kier molecular flexibility index (Phi) is 4.04. The summed E-state index contributed by atoms with van der Waals surface area (Å²) in [6.45, 7) is 5.39. The zero-order valence-corrected chi connectivity index (χ0v) is 10.7. The van der Waals surface area contributed by atoms with Crippen LogP contribution in [-0.4, -0.2) is 26.9 Å². The molecule has 0 aliphatic rings. The van der Waals surface area contributed by atoms with Crippen LogP contribution < -0.4 is 0 Å². The number of hydrogen-bond acceptors (Lipinski definition) is 4. The van der Waals surface area contributed by atoms with Crippen molar-refractivity contribution in [2.24, 2.45) is 7.05 Å². The van der Waals surface area contributed by atoms with Crippen LogP contribution in [0, 0.1) is 0 Å². The highest BCUT2D eigenvalue weighted by atomic mass is 16.6. The average Bonchev–Trinajstić information content (AvgIpc) is 2.58. The van der Waals surface area contributed by atoms with E-state index in [0.29, 0.717) is 5.69 Å². The van der Waals surface area contributed by atoms with Crippen molar-refractivity contribution in [1.29, 1.82) is 0 Å². The van der Waals surface area contributed by atoms with Gasteiger partial charge in [0, 0.05) is 19.7 Å². The molecule has 1 rings (SSSR count). The Morgan fingerprint density at radius 3 is 2.47 bits per heavy atom. The minimum absolute atomic E-state index is 0.0900. The van der Waals surface area contributed by atoms with Gasteiger partial charge in [-0.2, -0.15) is 0 Å². The molecule has 5 nitrogen and oxygen atoms in total. The van der Waals surface area contributed by atoms with Crippen molar-refractivity contribution in [3.63, 3.8) is 0 Å². The van der Waals surface area contributed by atoms with Crippen LogP contribution >= 0.6 is 0 Å². The number of nitrogens with zero attached hydrogens (tertiary/aromatic N) is 2. The van der Waals surface area contributed by atoms with E-state index < -0.39 is 5.60 Å². The highest BCUT2D eigenvalue weighted by Crippen LogP contribution is 2.10. The van der Waals surface area contributed by atoms with Crippen LogP contribution in [0.15, 0.2) is 12.5 Å². The first kappa shape index (κ1) is 13.4. The fourth-order valence-electron chi connectivity index (χ4n) is 1.29. The number of hydrogen-bond donors (Lipinski definition) is 0. The van der Waals surface area contributed by atoms with E-state index in [4.69, 9.17) is 4.74 Å². The van der Waals surface area contributed by atoms with Gasteiger partial charge >= 0.3 is 5.97 Å². The molecule has 0 saturated heterocycles. The first-order valence-electron chi connectivity index (χ1n) is 5.51. The van der Waals surface area contributed by atoms with E-state index in [-0.39, 0.29) is 24.6 Å². The second-order valence-electron chi connectivity index (χ2n) is 4.93. The van der Waals surface area contributed by atoms with Crippen molar-refractivity contribution >= 4 is 11.8 Å². The quantitative estimate of drug-likeness (QED) is 0.592. The SMILES string of the molecule is Cn1cnc(C(=O)CCC(=O)OC(C)(C)C)c1. The van der Waals surface area contributed by atoms with E-state index in [1.807, 2.05) is 0 Å². The van der Waals surface area contributed by atoms with E-state index in [1.54, 1.807) is 44.9 Å². The Morgan fingerprint density at radius 1 is 1.35 bits per heavy atom. The maximum Gasteiger partial charge on any atom is 0.306 e. The van der Waals surface area contributed by atoms with Gasteiger partial charge in [-0.05, 0) is 20.8 Å². The number of Topliss-reactive ketones (excluding diaryl/α,β-unsaturated/α-hetero) is 1. The molecular formula is C12H18N2O3. The van der Waals surface area contributed by atoms with Crippen molar-refractivity contribution in [1.82, 2.24) is 9.55 Å². The standard InChI is InChI=1S/C12H18N2O3/c1-12(2,3)17-11(16)6-5-10(15)9-7-14(4)8-13-9/h7-8H,5-6H2,1-4H3. The molecule has 0 N–H and O–H groups in total. The Labute approximate surface area is 101 Å². The van der Waals surface area contributed by atoms with Crippen LogP contribution in [0.1, 0.15) is 44.1 Å². The summed E-state index contributed by atoms with van der Waals surface area (Å²) in [6.07, 6.45) is 3.41. The van der Waals surface area contributed by atoms with E-state index in [9.17, 15) is 9.59 Å². The fraction of sp³-hybridized carbons (Fsp3) is 0.583. The molecule has 0 radical (unpaired) electrons. The predicted octanol–water partition coefficient (Wildman–Crippen LogP) is 1.72. The Morgan fingerprint density at radius 2 is 2.00 bits per heavy atom. The summed E-state index contributed by atoms with van der Waals surface area (Å²) in [6, 6.07) is 0. The molecule has 0 saturated carbocycles. The van der Waals surface area contributed by atoms with Crippen molar-refractivity contribution in [3.05, 3.63) is 18.2 Å². The summed E-state index contributed by atoms with van der Waals surface area (Å²) in [5.41, 5.74) is -0.124. The molecule has 1 aromatic heterocycles. The van der Waals surface area contributed by atoms with E-state index >= 15 is 0 Å². The van der Waals surface area contributed by atoms with Crippen molar-refractivity contribution in [2.75, 3.05) is 0 Å². The summed E-state index contributed by atoms with van der Waals surface area (Å²) < 4.78 is 6.81. The molecule has 0 bridgehead atoms. The Balaban J connectivity index is 2.41. The van der Waals surface area contributed by atoms with Gasteiger partial charge < -0.3 is 9.30 Å². The molecule has 1 aromatic rings. The molecule has 1 heterocycles. The van der Waals surface area contributed by atoms with Gasteiger partial charge in [-0.25, -0.2) is 4.98 Å². The third kappa shape index (κ3) is 4.80. The number of carbonyl (C=O) groups excluding carboxylic acids is 2. The monoisotopic (exact) mass is 238 g/mol. The van der Waals surface area contributed by atoms with Gasteiger partial charge in [-0.1, -0.05) is 0 Å². The lowest BCUT2D eigenvalue weighted by molar-refractivity contribution is -0.154. The molecule has 0 aromatic carbocycles. The maximum atomic E-state index is 11.6. The number of esters is 1. The Bertz CT molecular complexity index is 416. The summed E-state index contributed by atoms with van der Waals surface area (Å²) in [5.74, 6) is -0.502. The van der Waals surface area contributed by atoms with Gasteiger partial charge in [0.25, 0.3) is 0 Å². The normalized spacial score (nSPS) is 11.3. The van der Waals surface area contributed by atoms with Crippen LogP contribution in [0.2, 0.25) is 0 Å². The lowest BCUT2D eigenvalue weighted by atomic mass is 10.1. The third-order valence-electron chi connectivity index (χ3n) is 1.97. The topological polar surface area (TPSA) is 61.2 Å². The second-order valence-corrected chi connectivity index (χ2v) is 4.93. The van der Waals surface area contributed by atoms with Gasteiger partial charge in [0.2, 0.25) is 0 Å². The van der Waals surface area contributed by atoms with Gasteiger partial charge in [-0.3, -0.25) is 9.59 Å². The number of aryl methyl sites for hydroxylation is 1. The summed E-state index contributed by atoms with van der Waals surface area (Å²) in [7, 11) is 1.79. The number of aromatic nitrogens is 2. The minimum atomic E-state index is -0.509. The van der Waals surface area contributed by atoms with Crippen LogP contribution in [0.25, 0.3) is 0 Å². The van der Waals surface area contributed by atoms with Gasteiger partial charge in [0.05, 0.1) is 12.7 Å². The third-order valence-corrected chi connectivity index (χ3v) is 1.97. The molecule has 0 unspecified atom stereocenters. The van der Waals surface area contributed by atoms with Crippen LogP contribution in [0.3, 0.4) is 0 Å². The second kappa shape index (κ2) is 5.12. The van der Waals surface area contributed by atoms with Crippen LogP contribution in [-0.2, 0) is 16.6 Å². The zero-order chi connectivity index (χ0) is 13.1. The first-order valence-corrected chi connectivity index (χ1v) is 5.51. The molecule has 94 valence electrons. The lowest BCUT2D eigenvalue weighted by Gasteiger charge is -2.19. The van der Waals surface area contributed by atoms with Crippen molar-refractivity contribution in [2.45, 2.75) is 39.2 Å². The summed E-state index contributed by atoms with van der Waals surface area (Å²) in [4.78, 5) is 27.0. The highest BCUT2D eigenvalue weighted by Gasteiger charge is 2.18. The number of imidazole rings is 1. The van der Waals surface area contributed by atoms with Crippen LogP contribution in [0.5, 0.6) is 0 Å². The molecule has 0 atom stereocenters. The van der Waals surface area contributed by atoms with E-state index in [0.717, 1.165) is 0 Å². The van der Waals surface area contributed by atoms with Crippen LogP contribution in [0.4, 0.5) is 0 Å². The smallest absolute Gasteiger partial charge is 0.306 e. The number of ether oxygens (including phenoxy) is 1. The fourth-order valence-corrected chi connectivity index (χ4v) is 1.29. The van der Waals surface area contributed by atoms with E-state index in [1.165, 1.54) is 0 Å². The molecule has 0 spiro atoms. The molecule has 0 fully saturated rings. The number of ketones is 1. The van der Waals surface area contributed by atoms with Gasteiger partial charge in [0.15, 0.2) is 5.78 Å². The van der Waals surface area contributed by atoms with Gasteiger partial charge in [-0.15, -0.1) is 0 Å². The predicted molar refractivity (Wildman–Crippen MR) is 62.6 cm³/mol. The molecule has 17 heavy (non-hydrogen) atoms. The molecule has 0 amide bonds. The number of rotatable bonds is 4. The average molecular weight is 238 g/mol. The molecular weight excluding hydrogens is 220 g/mol. The largest absolute Gasteiger partial charge is 0.460 e. The summed E-state index contributed by atoms with van der Waals surface area (Å²) in [5, 5.41) is 0. The summed E-state index contributed by atoms with van der Waals surface area (Å²) >= 11 is 0. The minimum Gasteiger partial charge on any atom is -0.460 e. The number of carbonyl (C=O) groups is 2.